The second-order valence-electron chi connectivity index (χ2n) is 4.45. The lowest BCUT2D eigenvalue weighted by Gasteiger charge is -2.22. The number of esters is 2. The van der Waals surface area contributed by atoms with Crippen LogP contribution in [0, 0.1) is 0 Å². The Morgan fingerprint density at radius 2 is 1.46 bits per heavy atom. The molecule has 0 aromatic carbocycles. The van der Waals surface area contributed by atoms with Gasteiger partial charge in [0.05, 0.1) is 0 Å². The minimum Gasteiger partial charge on any atom is -0.456 e. The summed E-state index contributed by atoms with van der Waals surface area (Å²) in [5, 5.41) is 0. The molecule has 0 amide bonds. The highest BCUT2D eigenvalue weighted by molar-refractivity contribution is 5.86. The highest BCUT2D eigenvalue weighted by atomic mass is 19.4. The molecule has 0 aromatic rings. The number of ether oxygens (including phenoxy) is 2. The zero-order chi connectivity index (χ0) is 21.3. The lowest BCUT2D eigenvalue weighted by atomic mass is 10.2. The van der Waals surface area contributed by atoms with Crippen LogP contribution < -0.4 is 0 Å². The van der Waals surface area contributed by atoms with Crippen LogP contribution in [0.3, 0.4) is 0 Å². The first-order valence-electron chi connectivity index (χ1n) is 6.21. The highest BCUT2D eigenvalue weighted by Crippen LogP contribution is 2.35. The van der Waals surface area contributed by atoms with E-state index < -0.39 is 49.6 Å². The number of carbonyl (C=O) groups is 2. The molecule has 0 aromatic heterocycles. The molecule has 0 aliphatic carbocycles. The molecule has 0 rings (SSSR count). The van der Waals surface area contributed by atoms with Crippen LogP contribution in [-0.2, 0) is 19.1 Å². The SMILES string of the molecule is C=C(C)C(=O)OCC(F)(F)C(F)C(F)(F)F.C=CC(=O)OCC(F)(F)F. The van der Waals surface area contributed by atoms with E-state index >= 15 is 0 Å². The fraction of sp³-hybridized carbons (Fsp3) is 0.538. The molecule has 0 heterocycles. The van der Waals surface area contributed by atoms with Gasteiger partial charge in [-0.15, -0.1) is 0 Å². The fourth-order valence-corrected chi connectivity index (χ4v) is 0.809. The summed E-state index contributed by atoms with van der Waals surface area (Å²) in [5.74, 6) is -7.20. The standard InChI is InChI=1S/C8H8F6O2.C5H5F3O2/c1-4(2)5(15)16-3-7(10,11)6(9)8(12,13)14;1-2-4(9)10-3-5(6,7)8/h6H,1,3H2,2H3;2H,1,3H2. The zero-order valence-corrected chi connectivity index (χ0v) is 13.0. The molecule has 0 aliphatic heterocycles. The number of carbonyl (C=O) groups excluding carboxylic acids is 2. The number of rotatable bonds is 6. The molecule has 4 nitrogen and oxygen atoms in total. The molecule has 1 atom stereocenters. The Labute approximate surface area is 141 Å². The third kappa shape index (κ3) is 12.2. The molecule has 26 heavy (non-hydrogen) atoms. The summed E-state index contributed by atoms with van der Waals surface area (Å²) in [7, 11) is 0. The summed E-state index contributed by atoms with van der Waals surface area (Å²) in [6.45, 7) is 3.50. The van der Waals surface area contributed by atoms with Crippen molar-refractivity contribution < 1.29 is 58.6 Å². The Morgan fingerprint density at radius 3 is 1.77 bits per heavy atom. The van der Waals surface area contributed by atoms with Crippen molar-refractivity contribution in [2.24, 2.45) is 0 Å². The van der Waals surface area contributed by atoms with Crippen LogP contribution in [-0.4, -0.2) is 49.6 Å². The van der Waals surface area contributed by atoms with E-state index in [-0.39, 0.29) is 5.57 Å². The van der Waals surface area contributed by atoms with Gasteiger partial charge < -0.3 is 9.47 Å². The number of halogens is 9. The molecule has 0 N–H and O–H groups in total. The maximum Gasteiger partial charge on any atom is 0.425 e. The summed E-state index contributed by atoms with van der Waals surface area (Å²) in [5.41, 5.74) is -0.279. The fourth-order valence-electron chi connectivity index (χ4n) is 0.809. The van der Waals surface area contributed by atoms with E-state index in [1.165, 1.54) is 0 Å². The van der Waals surface area contributed by atoms with Gasteiger partial charge in [-0.3, -0.25) is 0 Å². The van der Waals surface area contributed by atoms with E-state index in [0.717, 1.165) is 6.92 Å². The van der Waals surface area contributed by atoms with Crippen LogP contribution >= 0.6 is 0 Å². The Morgan fingerprint density at radius 1 is 1.00 bits per heavy atom. The van der Waals surface area contributed by atoms with Crippen LogP contribution in [0.4, 0.5) is 39.5 Å². The van der Waals surface area contributed by atoms with Gasteiger partial charge in [0.2, 0.25) is 0 Å². The van der Waals surface area contributed by atoms with E-state index in [0.29, 0.717) is 6.08 Å². The minimum absolute atomic E-state index is 0.279. The van der Waals surface area contributed by atoms with Crippen LogP contribution in [0.1, 0.15) is 6.92 Å². The summed E-state index contributed by atoms with van der Waals surface area (Å²) < 4.78 is 113. The van der Waals surface area contributed by atoms with Crippen LogP contribution in [0.25, 0.3) is 0 Å². The van der Waals surface area contributed by atoms with Crippen LogP contribution in [0.5, 0.6) is 0 Å². The molecular formula is C13H13F9O4. The predicted octanol–water partition coefficient (Wildman–Crippen LogP) is 3.92. The van der Waals surface area contributed by atoms with Crippen molar-refractivity contribution in [1.82, 2.24) is 0 Å². The Balaban J connectivity index is 0. The summed E-state index contributed by atoms with van der Waals surface area (Å²) in [6.07, 6.45) is -13.9. The van der Waals surface area contributed by atoms with E-state index in [4.69, 9.17) is 0 Å². The predicted molar refractivity (Wildman–Crippen MR) is 68.9 cm³/mol. The monoisotopic (exact) mass is 404 g/mol. The zero-order valence-electron chi connectivity index (χ0n) is 13.0. The van der Waals surface area contributed by atoms with E-state index in [2.05, 4.69) is 22.6 Å². The van der Waals surface area contributed by atoms with Crippen molar-refractivity contribution in [1.29, 1.82) is 0 Å². The largest absolute Gasteiger partial charge is 0.456 e. The normalized spacial score (nSPS) is 13.0. The lowest BCUT2D eigenvalue weighted by molar-refractivity contribution is -0.253. The van der Waals surface area contributed by atoms with Crippen molar-refractivity contribution in [3.05, 3.63) is 24.8 Å². The quantitative estimate of drug-likeness (QED) is 0.383. The molecule has 1 unspecified atom stereocenters. The van der Waals surface area contributed by atoms with Gasteiger partial charge in [0.1, 0.15) is 0 Å². The number of hydrogen-bond acceptors (Lipinski definition) is 4. The van der Waals surface area contributed by atoms with Gasteiger partial charge in [-0.2, -0.15) is 35.1 Å². The molecule has 0 bridgehead atoms. The third-order valence-corrected chi connectivity index (χ3v) is 1.95. The topological polar surface area (TPSA) is 52.6 Å². The van der Waals surface area contributed by atoms with Crippen molar-refractivity contribution >= 4 is 11.9 Å². The molecule has 0 spiro atoms. The minimum atomic E-state index is -5.71. The van der Waals surface area contributed by atoms with Gasteiger partial charge in [-0.25, -0.2) is 14.0 Å². The second-order valence-corrected chi connectivity index (χ2v) is 4.45. The van der Waals surface area contributed by atoms with Crippen molar-refractivity contribution in [2.75, 3.05) is 13.2 Å². The Hall–Kier alpha value is -2.21. The summed E-state index contributed by atoms with van der Waals surface area (Å²) in [4.78, 5) is 20.6. The smallest absolute Gasteiger partial charge is 0.425 e. The van der Waals surface area contributed by atoms with Gasteiger partial charge in [-0.05, 0) is 6.92 Å². The molecule has 0 radical (unpaired) electrons. The first-order chi connectivity index (χ1) is 11.4. The van der Waals surface area contributed by atoms with Crippen molar-refractivity contribution in [3.8, 4) is 0 Å². The average molecular weight is 404 g/mol. The third-order valence-electron chi connectivity index (χ3n) is 1.95. The van der Waals surface area contributed by atoms with Gasteiger partial charge >= 0.3 is 30.2 Å². The molecular weight excluding hydrogens is 391 g/mol. The van der Waals surface area contributed by atoms with Crippen LogP contribution in [0.15, 0.2) is 24.8 Å². The second kappa shape index (κ2) is 10.1. The number of hydrogen-bond donors (Lipinski definition) is 0. The van der Waals surface area contributed by atoms with E-state index in [1.807, 2.05) is 0 Å². The highest BCUT2D eigenvalue weighted by Gasteiger charge is 2.57. The van der Waals surface area contributed by atoms with Gasteiger partial charge in [0.15, 0.2) is 13.2 Å². The molecule has 0 saturated heterocycles. The molecule has 0 saturated carbocycles. The lowest BCUT2D eigenvalue weighted by Crippen LogP contribution is -2.45. The molecule has 0 fully saturated rings. The summed E-state index contributed by atoms with van der Waals surface area (Å²) in [6, 6.07) is 0. The van der Waals surface area contributed by atoms with Gasteiger partial charge in [-0.1, -0.05) is 13.2 Å². The molecule has 152 valence electrons. The average Bonchev–Trinajstić information content (AvgIpc) is 2.48. The molecule has 13 heteroatoms. The summed E-state index contributed by atoms with van der Waals surface area (Å²) >= 11 is 0. The molecule has 0 aliphatic rings. The van der Waals surface area contributed by atoms with E-state index in [1.54, 1.807) is 0 Å². The van der Waals surface area contributed by atoms with E-state index in [9.17, 15) is 49.1 Å². The maximum atomic E-state index is 12.5. The van der Waals surface area contributed by atoms with Crippen LogP contribution in [0.2, 0.25) is 0 Å². The Kier molecular flexibility index (Phi) is 10.1. The number of alkyl halides is 9. The van der Waals surface area contributed by atoms with Gasteiger partial charge in [0, 0.05) is 11.6 Å². The first-order valence-corrected chi connectivity index (χ1v) is 6.21. The maximum absolute atomic E-state index is 12.5. The van der Waals surface area contributed by atoms with Crippen molar-refractivity contribution in [2.45, 2.75) is 31.4 Å². The van der Waals surface area contributed by atoms with Gasteiger partial charge in [0.25, 0.3) is 6.17 Å². The van der Waals surface area contributed by atoms with Crippen molar-refractivity contribution in [3.63, 3.8) is 0 Å². The first kappa shape index (κ1) is 26.0. The Bertz CT molecular complexity index is 509.